The Kier molecular flexibility index (Phi) is 4.96. The number of carbonyl (C=O) groups excluding carboxylic acids is 1. The van der Waals surface area contributed by atoms with Gasteiger partial charge in [-0.15, -0.1) is 0 Å². The molecule has 1 fully saturated rings. The van der Waals surface area contributed by atoms with Crippen molar-refractivity contribution in [2.45, 2.75) is 44.1 Å². The average molecular weight is 317 g/mol. The van der Waals surface area contributed by atoms with E-state index >= 15 is 0 Å². The Labute approximate surface area is 136 Å². The van der Waals surface area contributed by atoms with Gasteiger partial charge in [0.2, 0.25) is 5.91 Å². The highest BCUT2D eigenvalue weighted by Crippen LogP contribution is 2.34. The molecule has 23 heavy (non-hydrogen) atoms. The summed E-state index contributed by atoms with van der Waals surface area (Å²) in [4.78, 5) is 23.8. The molecule has 1 amide bonds. The quantitative estimate of drug-likeness (QED) is 0.872. The zero-order chi connectivity index (χ0) is 16.2. The van der Waals surface area contributed by atoms with Crippen LogP contribution >= 0.6 is 0 Å². The number of hydrogen-bond donors (Lipinski definition) is 2. The van der Waals surface area contributed by atoms with Crippen molar-refractivity contribution in [1.29, 1.82) is 0 Å². The van der Waals surface area contributed by atoms with Gasteiger partial charge in [-0.2, -0.15) is 0 Å². The van der Waals surface area contributed by atoms with Crippen LogP contribution in [0.4, 0.5) is 0 Å². The molecule has 0 spiro atoms. The summed E-state index contributed by atoms with van der Waals surface area (Å²) >= 11 is 0. The molecular formula is C18H23NO4. The first-order chi connectivity index (χ1) is 11.1. The Hall–Kier alpha value is -1.88. The van der Waals surface area contributed by atoms with Gasteiger partial charge in [-0.05, 0) is 49.1 Å². The molecular weight excluding hydrogens is 294 g/mol. The van der Waals surface area contributed by atoms with E-state index in [-0.39, 0.29) is 17.7 Å². The SMILES string of the molecule is O=C(NC(CC1CCCc2ccccc21)C(=O)O)C1CCOC1. The molecule has 1 saturated heterocycles. The van der Waals surface area contributed by atoms with Gasteiger partial charge in [0, 0.05) is 6.61 Å². The third-order valence-corrected chi connectivity index (χ3v) is 4.93. The van der Waals surface area contributed by atoms with E-state index in [2.05, 4.69) is 17.4 Å². The third kappa shape index (κ3) is 3.72. The molecule has 5 nitrogen and oxygen atoms in total. The highest BCUT2D eigenvalue weighted by atomic mass is 16.5. The molecule has 1 aromatic carbocycles. The van der Waals surface area contributed by atoms with E-state index in [1.54, 1.807) is 0 Å². The minimum atomic E-state index is -0.958. The van der Waals surface area contributed by atoms with Gasteiger partial charge < -0.3 is 15.2 Å². The first kappa shape index (κ1) is 16.0. The molecule has 5 heteroatoms. The number of fused-ring (bicyclic) bond motifs is 1. The van der Waals surface area contributed by atoms with E-state index in [1.165, 1.54) is 11.1 Å². The first-order valence-electron chi connectivity index (χ1n) is 8.34. The second-order valence-corrected chi connectivity index (χ2v) is 6.48. The lowest BCUT2D eigenvalue weighted by Gasteiger charge is -2.28. The van der Waals surface area contributed by atoms with Gasteiger partial charge >= 0.3 is 5.97 Å². The van der Waals surface area contributed by atoms with E-state index in [9.17, 15) is 14.7 Å². The lowest BCUT2D eigenvalue weighted by atomic mass is 9.79. The number of rotatable bonds is 5. The number of carboxylic acids is 1. The van der Waals surface area contributed by atoms with Crippen LogP contribution in [0.1, 0.15) is 42.7 Å². The molecule has 1 heterocycles. The van der Waals surface area contributed by atoms with Crippen molar-refractivity contribution in [2.24, 2.45) is 5.92 Å². The number of benzene rings is 1. The van der Waals surface area contributed by atoms with Crippen molar-refractivity contribution in [2.75, 3.05) is 13.2 Å². The molecule has 0 saturated carbocycles. The van der Waals surface area contributed by atoms with Gasteiger partial charge in [-0.3, -0.25) is 4.79 Å². The molecule has 2 aliphatic rings. The maximum Gasteiger partial charge on any atom is 0.326 e. The zero-order valence-electron chi connectivity index (χ0n) is 13.2. The molecule has 0 bridgehead atoms. The second kappa shape index (κ2) is 7.13. The normalized spacial score (nSPS) is 24.7. The highest BCUT2D eigenvalue weighted by Gasteiger charge is 2.31. The first-order valence-corrected chi connectivity index (χ1v) is 8.34. The van der Waals surface area contributed by atoms with Crippen molar-refractivity contribution in [3.8, 4) is 0 Å². The van der Waals surface area contributed by atoms with Gasteiger partial charge in [0.05, 0.1) is 12.5 Å². The number of ether oxygens (including phenoxy) is 1. The predicted octanol–water partition coefficient (Wildman–Crippen LogP) is 2.10. The average Bonchev–Trinajstić information content (AvgIpc) is 3.09. The molecule has 1 aliphatic carbocycles. The summed E-state index contributed by atoms with van der Waals surface area (Å²) in [6.07, 6.45) is 4.22. The molecule has 3 unspecified atom stereocenters. The Morgan fingerprint density at radius 3 is 2.87 bits per heavy atom. The van der Waals surface area contributed by atoms with E-state index in [1.807, 2.05) is 12.1 Å². The predicted molar refractivity (Wildman–Crippen MR) is 85.2 cm³/mol. The number of hydrogen-bond acceptors (Lipinski definition) is 3. The third-order valence-electron chi connectivity index (χ3n) is 4.93. The van der Waals surface area contributed by atoms with Gasteiger partial charge in [-0.25, -0.2) is 4.79 Å². The van der Waals surface area contributed by atoms with Crippen LogP contribution in [0.25, 0.3) is 0 Å². The van der Waals surface area contributed by atoms with Crippen LogP contribution in [-0.2, 0) is 20.7 Å². The number of carbonyl (C=O) groups is 2. The van der Waals surface area contributed by atoms with Crippen LogP contribution in [0, 0.1) is 5.92 Å². The lowest BCUT2D eigenvalue weighted by Crippen LogP contribution is -2.44. The van der Waals surface area contributed by atoms with Crippen molar-refractivity contribution in [1.82, 2.24) is 5.32 Å². The van der Waals surface area contributed by atoms with Crippen LogP contribution in [0.5, 0.6) is 0 Å². The molecule has 3 rings (SSSR count). The zero-order valence-corrected chi connectivity index (χ0v) is 13.2. The van der Waals surface area contributed by atoms with Gasteiger partial charge in [0.1, 0.15) is 6.04 Å². The van der Waals surface area contributed by atoms with Crippen molar-refractivity contribution in [3.63, 3.8) is 0 Å². The minimum Gasteiger partial charge on any atom is -0.480 e. The van der Waals surface area contributed by atoms with Crippen molar-refractivity contribution < 1.29 is 19.4 Å². The number of amides is 1. The van der Waals surface area contributed by atoms with E-state index in [0.717, 1.165) is 19.3 Å². The monoisotopic (exact) mass is 317 g/mol. The van der Waals surface area contributed by atoms with Crippen LogP contribution in [0.15, 0.2) is 24.3 Å². The van der Waals surface area contributed by atoms with Crippen LogP contribution in [-0.4, -0.2) is 36.2 Å². The van der Waals surface area contributed by atoms with E-state index < -0.39 is 12.0 Å². The highest BCUT2D eigenvalue weighted by molar-refractivity contribution is 5.85. The maximum absolute atomic E-state index is 12.2. The Bertz CT molecular complexity index is 580. The smallest absolute Gasteiger partial charge is 0.326 e. The van der Waals surface area contributed by atoms with Crippen molar-refractivity contribution in [3.05, 3.63) is 35.4 Å². The van der Waals surface area contributed by atoms with Crippen molar-refractivity contribution >= 4 is 11.9 Å². The lowest BCUT2D eigenvalue weighted by molar-refractivity contribution is -0.142. The maximum atomic E-state index is 12.2. The molecule has 2 N–H and O–H groups in total. The molecule has 1 aliphatic heterocycles. The Morgan fingerprint density at radius 2 is 2.13 bits per heavy atom. The van der Waals surface area contributed by atoms with Crippen LogP contribution in [0.3, 0.4) is 0 Å². The number of nitrogens with one attached hydrogen (secondary N) is 1. The minimum absolute atomic E-state index is 0.195. The van der Waals surface area contributed by atoms with Gasteiger partial charge in [-0.1, -0.05) is 24.3 Å². The van der Waals surface area contributed by atoms with Gasteiger partial charge in [0.15, 0.2) is 0 Å². The van der Waals surface area contributed by atoms with Crippen LogP contribution in [0.2, 0.25) is 0 Å². The summed E-state index contributed by atoms with van der Waals surface area (Å²) in [5.41, 5.74) is 2.55. The Balaban J connectivity index is 1.68. The summed E-state index contributed by atoms with van der Waals surface area (Å²) in [6.45, 7) is 0.969. The molecule has 3 atom stereocenters. The number of carboxylic acid groups (broad SMARTS) is 1. The van der Waals surface area contributed by atoms with Gasteiger partial charge in [0.25, 0.3) is 0 Å². The molecule has 0 aromatic heterocycles. The number of aryl methyl sites for hydroxylation is 1. The summed E-state index contributed by atoms with van der Waals surface area (Å²) < 4.78 is 5.21. The molecule has 1 aromatic rings. The number of aliphatic carboxylic acids is 1. The van der Waals surface area contributed by atoms with E-state index in [0.29, 0.717) is 26.1 Å². The largest absolute Gasteiger partial charge is 0.480 e. The molecule has 0 radical (unpaired) electrons. The summed E-state index contributed by atoms with van der Waals surface area (Å²) in [5, 5.41) is 12.2. The fraction of sp³-hybridized carbons (Fsp3) is 0.556. The summed E-state index contributed by atoms with van der Waals surface area (Å²) in [7, 11) is 0. The van der Waals surface area contributed by atoms with Crippen LogP contribution < -0.4 is 5.32 Å². The molecule has 124 valence electrons. The second-order valence-electron chi connectivity index (χ2n) is 6.48. The summed E-state index contributed by atoms with van der Waals surface area (Å²) in [5.74, 6) is -1.17. The Morgan fingerprint density at radius 1 is 1.30 bits per heavy atom. The topological polar surface area (TPSA) is 75.6 Å². The fourth-order valence-corrected chi connectivity index (χ4v) is 3.64. The standard InChI is InChI=1S/C18H23NO4/c20-17(14-8-9-23-11-14)19-16(18(21)22)10-13-6-3-5-12-4-1-2-7-15(12)13/h1-2,4,7,13-14,16H,3,5-6,8-11H2,(H,19,20)(H,21,22). The fourth-order valence-electron chi connectivity index (χ4n) is 3.64. The summed E-state index contributed by atoms with van der Waals surface area (Å²) in [6, 6.07) is 7.40. The van der Waals surface area contributed by atoms with E-state index in [4.69, 9.17) is 4.74 Å².